The molecule has 0 bridgehead atoms. The van der Waals surface area contributed by atoms with Crippen molar-refractivity contribution in [3.05, 3.63) is 29.8 Å². The van der Waals surface area contributed by atoms with E-state index in [9.17, 15) is 4.79 Å². The second-order valence-electron chi connectivity index (χ2n) is 3.47. The number of thioether (sulfide) groups is 1. The van der Waals surface area contributed by atoms with E-state index in [0.717, 1.165) is 4.90 Å². The van der Waals surface area contributed by atoms with Crippen molar-refractivity contribution in [1.82, 2.24) is 5.32 Å². The zero-order valence-electron chi connectivity index (χ0n) is 9.41. The largest absolute Gasteiger partial charge is 0.355 e. The first-order valence-corrected chi connectivity index (χ1v) is 6.02. The summed E-state index contributed by atoms with van der Waals surface area (Å²) >= 11 is 1.59. The molecule has 0 fully saturated rings. The molecule has 1 aromatic rings. The number of aryl methyl sites for hydroxylation is 1. The van der Waals surface area contributed by atoms with Crippen LogP contribution in [0.1, 0.15) is 19.4 Å². The van der Waals surface area contributed by atoms with E-state index >= 15 is 0 Å². The summed E-state index contributed by atoms with van der Waals surface area (Å²) < 4.78 is 0. The fourth-order valence-corrected chi connectivity index (χ4v) is 2.08. The van der Waals surface area contributed by atoms with Crippen molar-refractivity contribution in [2.24, 2.45) is 0 Å². The molecule has 82 valence electrons. The Morgan fingerprint density at radius 1 is 1.40 bits per heavy atom. The molecule has 0 saturated carbocycles. The number of carbonyl (C=O) groups excluding carboxylic acids is 1. The molecule has 3 heteroatoms. The summed E-state index contributed by atoms with van der Waals surface area (Å²) in [7, 11) is 0. The van der Waals surface area contributed by atoms with Gasteiger partial charge in [-0.05, 0) is 32.9 Å². The monoisotopic (exact) mass is 223 g/mol. The number of nitrogens with one attached hydrogen (secondary N) is 1. The smallest absolute Gasteiger partial charge is 0.233 e. The van der Waals surface area contributed by atoms with Gasteiger partial charge in [0, 0.05) is 11.4 Å². The van der Waals surface area contributed by atoms with Crippen LogP contribution in [-0.4, -0.2) is 17.7 Å². The number of hydrogen-bond acceptors (Lipinski definition) is 2. The number of hydrogen-bond donors (Lipinski definition) is 1. The summed E-state index contributed by atoms with van der Waals surface area (Å²) in [6, 6.07) is 8.23. The standard InChI is InChI=1S/C12H17NOS/c1-4-13-12(14)10(3)15-11-7-5-9(2)6-8-11/h5-8,10H,4H2,1-3H3,(H,13,14)/t10-/m1/s1. The van der Waals surface area contributed by atoms with E-state index in [1.807, 2.05) is 13.8 Å². The third kappa shape index (κ3) is 3.96. The van der Waals surface area contributed by atoms with Gasteiger partial charge in [-0.1, -0.05) is 17.7 Å². The Morgan fingerprint density at radius 3 is 2.53 bits per heavy atom. The molecule has 0 heterocycles. The summed E-state index contributed by atoms with van der Waals surface area (Å²) in [5.41, 5.74) is 1.24. The molecule has 0 unspecified atom stereocenters. The first-order valence-electron chi connectivity index (χ1n) is 5.14. The molecule has 0 spiro atoms. The van der Waals surface area contributed by atoms with Crippen molar-refractivity contribution in [2.75, 3.05) is 6.54 Å². The van der Waals surface area contributed by atoms with Gasteiger partial charge in [0.05, 0.1) is 5.25 Å². The van der Waals surface area contributed by atoms with Gasteiger partial charge >= 0.3 is 0 Å². The average molecular weight is 223 g/mol. The van der Waals surface area contributed by atoms with Crippen LogP contribution in [0.5, 0.6) is 0 Å². The Kier molecular flexibility index (Phi) is 4.69. The predicted octanol–water partition coefficient (Wildman–Crippen LogP) is 2.61. The Balaban J connectivity index is 2.54. The van der Waals surface area contributed by atoms with E-state index < -0.39 is 0 Å². The lowest BCUT2D eigenvalue weighted by Crippen LogP contribution is -2.30. The molecule has 0 aromatic heterocycles. The SMILES string of the molecule is CCNC(=O)[C@@H](C)Sc1ccc(C)cc1. The van der Waals surface area contributed by atoms with Crippen LogP contribution in [0.2, 0.25) is 0 Å². The van der Waals surface area contributed by atoms with Crippen molar-refractivity contribution in [3.63, 3.8) is 0 Å². The van der Waals surface area contributed by atoms with Crippen molar-refractivity contribution in [2.45, 2.75) is 30.9 Å². The van der Waals surface area contributed by atoms with E-state index in [1.54, 1.807) is 11.8 Å². The average Bonchev–Trinajstić information content (AvgIpc) is 2.22. The zero-order valence-corrected chi connectivity index (χ0v) is 10.2. The number of carbonyl (C=O) groups is 1. The van der Waals surface area contributed by atoms with Gasteiger partial charge in [0.2, 0.25) is 5.91 Å². The minimum absolute atomic E-state index is 0.0346. The summed E-state index contributed by atoms with van der Waals surface area (Å²) in [5.74, 6) is 0.100. The van der Waals surface area contributed by atoms with Crippen LogP contribution in [0, 0.1) is 6.92 Å². The van der Waals surface area contributed by atoms with Crippen molar-refractivity contribution in [1.29, 1.82) is 0 Å². The zero-order chi connectivity index (χ0) is 11.3. The highest BCUT2D eigenvalue weighted by Gasteiger charge is 2.12. The molecular weight excluding hydrogens is 206 g/mol. The van der Waals surface area contributed by atoms with Crippen LogP contribution in [0.3, 0.4) is 0 Å². The summed E-state index contributed by atoms with van der Waals surface area (Å²) in [4.78, 5) is 12.6. The van der Waals surface area contributed by atoms with Crippen molar-refractivity contribution in [3.8, 4) is 0 Å². The van der Waals surface area contributed by atoms with Crippen LogP contribution in [-0.2, 0) is 4.79 Å². The second-order valence-corrected chi connectivity index (χ2v) is 4.88. The fourth-order valence-electron chi connectivity index (χ4n) is 1.19. The van der Waals surface area contributed by atoms with Crippen molar-refractivity contribution >= 4 is 17.7 Å². The van der Waals surface area contributed by atoms with Crippen LogP contribution in [0.15, 0.2) is 29.2 Å². The topological polar surface area (TPSA) is 29.1 Å². The number of rotatable bonds is 4. The van der Waals surface area contributed by atoms with Gasteiger partial charge in [-0.15, -0.1) is 11.8 Å². The van der Waals surface area contributed by atoms with Crippen LogP contribution >= 0.6 is 11.8 Å². The van der Waals surface area contributed by atoms with Gasteiger partial charge in [-0.3, -0.25) is 4.79 Å². The maximum absolute atomic E-state index is 11.5. The fraction of sp³-hybridized carbons (Fsp3) is 0.417. The normalized spacial score (nSPS) is 12.2. The molecule has 2 nitrogen and oxygen atoms in total. The Bertz CT molecular complexity index is 321. The highest BCUT2D eigenvalue weighted by molar-refractivity contribution is 8.00. The third-order valence-electron chi connectivity index (χ3n) is 2.05. The van der Waals surface area contributed by atoms with E-state index in [0.29, 0.717) is 6.54 Å². The first kappa shape index (κ1) is 12.1. The summed E-state index contributed by atoms with van der Waals surface area (Å²) in [6.07, 6.45) is 0. The molecular formula is C12H17NOS. The van der Waals surface area contributed by atoms with Crippen molar-refractivity contribution < 1.29 is 4.79 Å². The first-order chi connectivity index (χ1) is 7.13. The van der Waals surface area contributed by atoms with Gasteiger partial charge in [0.15, 0.2) is 0 Å². The van der Waals surface area contributed by atoms with Crippen LogP contribution in [0.25, 0.3) is 0 Å². The number of amides is 1. The second kappa shape index (κ2) is 5.81. The lowest BCUT2D eigenvalue weighted by atomic mass is 10.2. The molecule has 0 aliphatic rings. The molecule has 1 atom stereocenters. The van der Waals surface area contributed by atoms with E-state index in [4.69, 9.17) is 0 Å². The molecule has 0 radical (unpaired) electrons. The Morgan fingerprint density at radius 2 is 2.00 bits per heavy atom. The lowest BCUT2D eigenvalue weighted by molar-refractivity contribution is -0.120. The third-order valence-corrected chi connectivity index (χ3v) is 3.17. The lowest BCUT2D eigenvalue weighted by Gasteiger charge is -2.10. The van der Waals surface area contributed by atoms with E-state index in [2.05, 4.69) is 36.5 Å². The molecule has 15 heavy (non-hydrogen) atoms. The molecule has 1 rings (SSSR count). The van der Waals surface area contributed by atoms with E-state index in [-0.39, 0.29) is 11.2 Å². The molecule has 0 saturated heterocycles. The quantitative estimate of drug-likeness (QED) is 0.795. The van der Waals surface area contributed by atoms with Crippen LogP contribution < -0.4 is 5.32 Å². The number of benzene rings is 1. The van der Waals surface area contributed by atoms with E-state index in [1.165, 1.54) is 5.56 Å². The van der Waals surface area contributed by atoms with Gasteiger partial charge in [0.1, 0.15) is 0 Å². The molecule has 1 amide bonds. The highest BCUT2D eigenvalue weighted by Crippen LogP contribution is 2.23. The molecule has 0 aliphatic carbocycles. The highest BCUT2D eigenvalue weighted by atomic mass is 32.2. The molecule has 0 aliphatic heterocycles. The van der Waals surface area contributed by atoms with Gasteiger partial charge < -0.3 is 5.32 Å². The molecule has 1 aromatic carbocycles. The van der Waals surface area contributed by atoms with Crippen LogP contribution in [0.4, 0.5) is 0 Å². The summed E-state index contributed by atoms with van der Waals surface area (Å²) in [5, 5.41) is 2.78. The maximum atomic E-state index is 11.5. The van der Waals surface area contributed by atoms with Gasteiger partial charge in [-0.25, -0.2) is 0 Å². The minimum Gasteiger partial charge on any atom is -0.355 e. The van der Waals surface area contributed by atoms with Gasteiger partial charge in [0.25, 0.3) is 0 Å². The Hall–Kier alpha value is -0.960. The Labute approximate surface area is 95.5 Å². The minimum atomic E-state index is -0.0346. The maximum Gasteiger partial charge on any atom is 0.233 e. The van der Waals surface area contributed by atoms with Gasteiger partial charge in [-0.2, -0.15) is 0 Å². The predicted molar refractivity (Wildman–Crippen MR) is 65.2 cm³/mol. The summed E-state index contributed by atoms with van der Waals surface area (Å²) in [6.45, 7) is 6.61. The molecule has 1 N–H and O–H groups in total.